The molecular weight excluding hydrogens is 432 g/mol. The van der Waals surface area contributed by atoms with E-state index in [0.29, 0.717) is 6.42 Å². The molecule has 0 radical (unpaired) electrons. The lowest BCUT2D eigenvalue weighted by Gasteiger charge is -2.30. The van der Waals surface area contributed by atoms with Crippen LogP contribution in [-0.2, 0) is 23.9 Å². The van der Waals surface area contributed by atoms with E-state index in [1.165, 1.54) is 84.7 Å². The van der Waals surface area contributed by atoms with Crippen LogP contribution in [0.15, 0.2) is 12.2 Å². The molecule has 1 aliphatic rings. The van der Waals surface area contributed by atoms with Crippen molar-refractivity contribution in [1.82, 2.24) is 0 Å². The molecule has 0 spiro atoms. The Kier molecular flexibility index (Phi) is 15.8. The number of ether oxygens (including phenoxy) is 2. The van der Waals surface area contributed by atoms with Crippen molar-refractivity contribution in [2.75, 3.05) is 7.11 Å². The van der Waals surface area contributed by atoms with Crippen LogP contribution in [0.25, 0.3) is 0 Å². The summed E-state index contributed by atoms with van der Waals surface area (Å²) in [7, 11) is 1.27. The highest BCUT2D eigenvalue weighted by molar-refractivity contribution is 5.82. The molecule has 0 saturated heterocycles. The summed E-state index contributed by atoms with van der Waals surface area (Å²) < 4.78 is 10.3. The van der Waals surface area contributed by atoms with Gasteiger partial charge in [-0.1, -0.05) is 103 Å². The van der Waals surface area contributed by atoms with Gasteiger partial charge in [-0.25, -0.2) is 0 Å². The van der Waals surface area contributed by atoms with E-state index in [-0.39, 0.29) is 18.6 Å². The van der Waals surface area contributed by atoms with Crippen LogP contribution in [0.1, 0.15) is 123 Å². The molecule has 0 aliphatic heterocycles. The molecule has 0 amide bonds. The van der Waals surface area contributed by atoms with E-state index < -0.39 is 29.6 Å². The van der Waals surface area contributed by atoms with Crippen molar-refractivity contribution in [2.45, 2.75) is 135 Å². The van der Waals surface area contributed by atoms with Gasteiger partial charge in [0.05, 0.1) is 13.5 Å². The number of esters is 2. The van der Waals surface area contributed by atoms with Crippen molar-refractivity contribution in [2.24, 2.45) is 5.92 Å². The highest BCUT2D eigenvalue weighted by atomic mass is 16.6. The van der Waals surface area contributed by atoms with Gasteiger partial charge in [0.2, 0.25) is 0 Å². The molecule has 0 aromatic carbocycles. The first kappa shape index (κ1) is 30.3. The number of hydrogen-bond acceptors (Lipinski definition) is 6. The summed E-state index contributed by atoms with van der Waals surface area (Å²) in [6.45, 7) is 3.66. The lowest BCUT2D eigenvalue weighted by atomic mass is 9.84. The SMILES string of the molecule is CCCCCCCCCCCCCCCC[C@]1(O)C=C[C@@H](OC(=O)CCC(C)=O)[C@H]1C(=O)OC. The lowest BCUT2D eigenvalue weighted by Crippen LogP contribution is -2.44. The number of methoxy groups -OCH3 is 1. The van der Waals surface area contributed by atoms with Crippen molar-refractivity contribution in [3.8, 4) is 0 Å². The summed E-state index contributed by atoms with van der Waals surface area (Å²) in [4.78, 5) is 35.5. The summed E-state index contributed by atoms with van der Waals surface area (Å²) in [5, 5.41) is 11.1. The van der Waals surface area contributed by atoms with Crippen molar-refractivity contribution in [3.05, 3.63) is 12.2 Å². The minimum Gasteiger partial charge on any atom is -0.469 e. The molecule has 0 heterocycles. The summed E-state index contributed by atoms with van der Waals surface area (Å²) in [5.41, 5.74) is -1.38. The molecule has 0 saturated carbocycles. The van der Waals surface area contributed by atoms with Crippen LogP contribution in [0.5, 0.6) is 0 Å². The number of aliphatic hydroxyl groups is 1. The smallest absolute Gasteiger partial charge is 0.316 e. The number of ketones is 1. The first-order chi connectivity index (χ1) is 16.3. The van der Waals surface area contributed by atoms with E-state index in [2.05, 4.69) is 6.92 Å². The number of carbonyl (C=O) groups is 3. The highest BCUT2D eigenvalue weighted by Crippen LogP contribution is 2.37. The highest BCUT2D eigenvalue weighted by Gasteiger charge is 2.50. The average Bonchev–Trinajstić information content (AvgIpc) is 3.13. The standard InChI is InChI=1S/C28H48O6/c1-4-5-6-7-8-9-10-11-12-13-14-15-16-17-21-28(32)22-20-24(26(28)27(31)33-3)34-25(30)19-18-23(2)29/h20,22,24,26,32H,4-19,21H2,1-3H3/t24-,26+,28+/m1/s1. The van der Waals surface area contributed by atoms with E-state index in [1.54, 1.807) is 12.2 Å². The van der Waals surface area contributed by atoms with Gasteiger partial charge in [0.15, 0.2) is 0 Å². The predicted octanol–water partition coefficient (Wildman–Crippen LogP) is 6.23. The van der Waals surface area contributed by atoms with Crippen molar-refractivity contribution in [1.29, 1.82) is 0 Å². The normalized spacial score (nSPS) is 21.5. The van der Waals surface area contributed by atoms with E-state index in [4.69, 9.17) is 9.47 Å². The Morgan fingerprint density at radius 1 is 0.824 bits per heavy atom. The average molecular weight is 481 g/mol. The Hall–Kier alpha value is -1.69. The van der Waals surface area contributed by atoms with Gasteiger partial charge in [-0.15, -0.1) is 0 Å². The third kappa shape index (κ3) is 12.1. The molecule has 0 fully saturated rings. The maximum Gasteiger partial charge on any atom is 0.316 e. The molecule has 3 atom stereocenters. The Labute approximate surface area is 206 Å². The maximum absolute atomic E-state index is 12.4. The van der Waals surface area contributed by atoms with Crippen LogP contribution in [0.3, 0.4) is 0 Å². The van der Waals surface area contributed by atoms with E-state index in [9.17, 15) is 19.5 Å². The number of Topliss-reactive ketones (excluding diaryl/α,β-unsaturated/α-hetero) is 1. The van der Waals surface area contributed by atoms with E-state index in [0.717, 1.165) is 19.3 Å². The first-order valence-corrected chi connectivity index (χ1v) is 13.5. The molecule has 1 rings (SSSR count). The second-order valence-electron chi connectivity index (χ2n) is 9.85. The second-order valence-corrected chi connectivity index (χ2v) is 9.85. The van der Waals surface area contributed by atoms with Crippen molar-refractivity contribution in [3.63, 3.8) is 0 Å². The van der Waals surface area contributed by atoms with Crippen LogP contribution in [0, 0.1) is 5.92 Å². The summed E-state index contributed by atoms with van der Waals surface area (Å²) in [6, 6.07) is 0. The summed E-state index contributed by atoms with van der Waals surface area (Å²) >= 11 is 0. The van der Waals surface area contributed by atoms with Gasteiger partial charge in [-0.3, -0.25) is 9.59 Å². The van der Waals surface area contributed by atoms with Gasteiger partial charge in [-0.05, 0) is 19.4 Å². The minimum absolute atomic E-state index is 0.0368. The fraction of sp³-hybridized carbons (Fsp3) is 0.821. The molecule has 0 unspecified atom stereocenters. The Bertz CT molecular complexity index is 628. The third-order valence-corrected chi connectivity index (χ3v) is 6.78. The Balaban J connectivity index is 2.24. The zero-order valence-corrected chi connectivity index (χ0v) is 21.8. The van der Waals surface area contributed by atoms with Gasteiger partial charge in [-0.2, -0.15) is 0 Å². The fourth-order valence-corrected chi connectivity index (χ4v) is 4.66. The van der Waals surface area contributed by atoms with Gasteiger partial charge in [0.1, 0.15) is 23.4 Å². The van der Waals surface area contributed by atoms with E-state index >= 15 is 0 Å². The lowest BCUT2D eigenvalue weighted by molar-refractivity contribution is -0.165. The van der Waals surface area contributed by atoms with Gasteiger partial charge >= 0.3 is 11.9 Å². The van der Waals surface area contributed by atoms with Gasteiger partial charge < -0.3 is 19.4 Å². The number of hydrogen-bond donors (Lipinski definition) is 1. The van der Waals surface area contributed by atoms with Crippen LogP contribution >= 0.6 is 0 Å². The second kappa shape index (κ2) is 17.7. The molecule has 1 aliphatic carbocycles. The minimum atomic E-state index is -1.38. The molecule has 0 aromatic rings. The van der Waals surface area contributed by atoms with Crippen LogP contribution in [-0.4, -0.2) is 41.6 Å². The van der Waals surface area contributed by atoms with Crippen LogP contribution < -0.4 is 0 Å². The predicted molar refractivity (Wildman–Crippen MR) is 134 cm³/mol. The monoisotopic (exact) mass is 480 g/mol. The number of unbranched alkanes of at least 4 members (excludes halogenated alkanes) is 13. The molecule has 0 bridgehead atoms. The topological polar surface area (TPSA) is 89.9 Å². The van der Waals surface area contributed by atoms with Crippen LogP contribution in [0.2, 0.25) is 0 Å². The largest absolute Gasteiger partial charge is 0.469 e. The Morgan fingerprint density at radius 2 is 1.32 bits per heavy atom. The van der Waals surface area contributed by atoms with Crippen LogP contribution in [0.4, 0.5) is 0 Å². The summed E-state index contributed by atoms with van der Waals surface area (Å²) in [6.07, 6.45) is 20.2. The molecule has 6 heteroatoms. The van der Waals surface area contributed by atoms with Gasteiger partial charge in [0, 0.05) is 6.42 Å². The van der Waals surface area contributed by atoms with E-state index in [1.807, 2.05) is 0 Å². The van der Waals surface area contributed by atoms with Crippen molar-refractivity contribution < 1.29 is 29.0 Å². The zero-order chi connectivity index (χ0) is 25.2. The van der Waals surface area contributed by atoms with Crippen molar-refractivity contribution >= 4 is 17.7 Å². The molecule has 196 valence electrons. The molecule has 1 N–H and O–H groups in total. The molecule has 34 heavy (non-hydrogen) atoms. The molecular formula is C28H48O6. The maximum atomic E-state index is 12.4. The zero-order valence-electron chi connectivity index (χ0n) is 21.8. The fourth-order valence-electron chi connectivity index (χ4n) is 4.66. The summed E-state index contributed by atoms with van der Waals surface area (Å²) in [5.74, 6) is -2.22. The first-order valence-electron chi connectivity index (χ1n) is 13.5. The Morgan fingerprint density at radius 3 is 1.79 bits per heavy atom. The molecule has 6 nitrogen and oxygen atoms in total. The quantitative estimate of drug-likeness (QED) is 0.126. The third-order valence-electron chi connectivity index (χ3n) is 6.78. The number of carbonyl (C=O) groups excluding carboxylic acids is 3. The van der Waals surface area contributed by atoms with Gasteiger partial charge in [0.25, 0.3) is 0 Å². The number of rotatable bonds is 20. The molecule has 0 aromatic heterocycles.